The van der Waals surface area contributed by atoms with Gasteiger partial charge in [-0.2, -0.15) is 0 Å². The summed E-state index contributed by atoms with van der Waals surface area (Å²) in [4.78, 5) is 13.1. The fourth-order valence-corrected chi connectivity index (χ4v) is 8.50. The minimum Gasteiger partial charge on any atom is -0.457 e. The summed E-state index contributed by atoms with van der Waals surface area (Å²) in [5, 5.41) is 72.3. The van der Waals surface area contributed by atoms with E-state index in [1.54, 1.807) is 0 Å². The van der Waals surface area contributed by atoms with Crippen LogP contribution in [0.25, 0.3) is 0 Å². The van der Waals surface area contributed by atoms with Crippen LogP contribution in [0.2, 0.25) is 0 Å². The molecule has 0 saturated carbocycles. The molecule has 0 aromatic carbocycles. The van der Waals surface area contributed by atoms with Crippen LogP contribution < -0.4 is 0 Å². The van der Waals surface area contributed by atoms with E-state index in [1.165, 1.54) is 51.4 Å². The molecule has 11 atom stereocenters. The van der Waals surface area contributed by atoms with Crippen LogP contribution in [0.1, 0.15) is 181 Å². The van der Waals surface area contributed by atoms with Crippen molar-refractivity contribution in [3.8, 4) is 0 Å². The zero-order chi connectivity index (χ0) is 54.4. The van der Waals surface area contributed by atoms with Gasteiger partial charge in [-0.3, -0.25) is 4.79 Å². The lowest BCUT2D eigenvalue weighted by molar-refractivity contribution is -0.332. The average Bonchev–Trinajstić information content (AvgIpc) is 3.41. The third-order valence-corrected chi connectivity index (χ3v) is 13.1. The number of hydrogen-bond acceptors (Lipinski definition) is 14. The van der Waals surface area contributed by atoms with E-state index < -0.39 is 86.7 Å². The second-order valence-corrected chi connectivity index (χ2v) is 19.7. The van der Waals surface area contributed by atoms with Crippen LogP contribution in [-0.2, 0) is 33.2 Å². The van der Waals surface area contributed by atoms with Gasteiger partial charge >= 0.3 is 5.97 Å². The lowest BCUT2D eigenvalue weighted by Gasteiger charge is -2.42. The zero-order valence-corrected chi connectivity index (χ0v) is 46.0. The molecular formula is C61H102O14. The van der Waals surface area contributed by atoms with Crippen LogP contribution in [-0.4, -0.2) is 142 Å². The van der Waals surface area contributed by atoms with Gasteiger partial charge in [0.25, 0.3) is 0 Å². The molecule has 11 unspecified atom stereocenters. The minimum atomic E-state index is -1.72. The van der Waals surface area contributed by atoms with E-state index in [0.717, 1.165) is 103 Å². The lowest BCUT2D eigenvalue weighted by Crippen LogP contribution is -2.61. The number of carbonyl (C=O) groups excluding carboxylic acids is 1. The second-order valence-electron chi connectivity index (χ2n) is 19.7. The Morgan fingerprint density at radius 3 is 1.29 bits per heavy atom. The Labute approximate surface area is 452 Å². The van der Waals surface area contributed by atoms with Crippen molar-refractivity contribution in [3.05, 3.63) is 97.2 Å². The molecular weight excluding hydrogens is 957 g/mol. The van der Waals surface area contributed by atoms with Crippen LogP contribution >= 0.6 is 0 Å². The molecule has 2 fully saturated rings. The first-order valence-electron chi connectivity index (χ1n) is 28.8. The summed E-state index contributed by atoms with van der Waals surface area (Å²) >= 11 is 0. The molecule has 0 radical (unpaired) electrons. The summed E-state index contributed by atoms with van der Waals surface area (Å²) in [5.41, 5.74) is 0. The van der Waals surface area contributed by atoms with E-state index >= 15 is 0 Å². The molecule has 0 aromatic heterocycles. The van der Waals surface area contributed by atoms with Crippen molar-refractivity contribution in [3.63, 3.8) is 0 Å². The highest BCUT2D eigenvalue weighted by molar-refractivity contribution is 5.69. The highest BCUT2D eigenvalue weighted by Gasteiger charge is 2.47. The molecule has 0 spiro atoms. The normalized spacial score (nSPS) is 25.3. The summed E-state index contributed by atoms with van der Waals surface area (Å²) in [7, 11) is 0. The summed E-state index contributed by atoms with van der Waals surface area (Å²) < 4.78 is 34.4. The first kappa shape index (κ1) is 68.0. The average molecular weight is 1060 g/mol. The Hall–Kier alpha value is -3.09. The molecule has 14 nitrogen and oxygen atoms in total. The third kappa shape index (κ3) is 33.7. The number of rotatable bonds is 45. The van der Waals surface area contributed by atoms with Gasteiger partial charge in [0.1, 0.15) is 54.9 Å². The molecule has 75 heavy (non-hydrogen) atoms. The first-order chi connectivity index (χ1) is 36.6. The zero-order valence-electron chi connectivity index (χ0n) is 46.0. The SMILES string of the molecule is CC/C=C\C/C=C\C/C=C\C/C=C\CCCCCCCCCCCCCOCC(COC1OC(COC2OC(CO)C(O)C(O)C2O)C(O)C(O)C1O)OC(=O)CCCCCC/C=C\C/C=C\C/C=C\C/C=C\CC. The minimum absolute atomic E-state index is 0.0433. The number of esters is 1. The molecule has 2 heterocycles. The number of aliphatic hydroxyl groups is 7. The largest absolute Gasteiger partial charge is 0.457 e. The first-order valence-corrected chi connectivity index (χ1v) is 28.8. The molecule has 2 rings (SSSR count). The maximum atomic E-state index is 13.1. The summed E-state index contributed by atoms with van der Waals surface area (Å²) in [5.74, 6) is -0.403. The number of unbranched alkanes of at least 4 members (excludes halogenated alkanes) is 15. The molecule has 2 aliphatic rings. The predicted octanol–water partition coefficient (Wildman–Crippen LogP) is 10.2. The Morgan fingerprint density at radius 1 is 0.440 bits per heavy atom. The Bertz CT molecular complexity index is 1610. The van der Waals surface area contributed by atoms with Crippen molar-refractivity contribution in [2.75, 3.05) is 33.0 Å². The fourth-order valence-electron chi connectivity index (χ4n) is 8.50. The van der Waals surface area contributed by atoms with Crippen molar-refractivity contribution >= 4 is 5.97 Å². The third-order valence-electron chi connectivity index (χ3n) is 13.1. The predicted molar refractivity (Wildman–Crippen MR) is 298 cm³/mol. The van der Waals surface area contributed by atoms with Gasteiger partial charge in [-0.15, -0.1) is 0 Å². The molecule has 0 aromatic rings. The van der Waals surface area contributed by atoms with Crippen molar-refractivity contribution in [2.45, 2.75) is 248 Å². The van der Waals surface area contributed by atoms with E-state index in [2.05, 4.69) is 111 Å². The van der Waals surface area contributed by atoms with Crippen LogP contribution in [0.3, 0.4) is 0 Å². The quantitative estimate of drug-likeness (QED) is 0.0172. The highest BCUT2D eigenvalue weighted by atomic mass is 16.7. The second kappa shape index (κ2) is 47.0. The molecule has 0 bridgehead atoms. The molecule has 0 aliphatic carbocycles. The molecule has 14 heteroatoms. The standard InChI is InChI=1S/C61H102O14/c1-3-5-7-9-11-13-15-17-19-21-22-23-24-25-26-27-29-31-33-35-37-39-41-43-45-70-47-50(73-53(63)44-42-40-38-36-34-32-30-28-20-18-16-14-12-10-8-6-4-2)48-71-60-59(69)57(67)55(65)52(75-60)49-72-61-58(68)56(66)54(64)51(46-62)74-61/h5-8,11-14,17-20,22-23,30,32,50-52,54-62,64-69H,3-4,9-10,15-16,21,24-29,31,33-49H2,1-2H3/b7-5-,8-6-,13-11-,14-12-,19-17-,20-18-,23-22-,32-30-. The molecule has 7 N–H and O–H groups in total. The van der Waals surface area contributed by atoms with Crippen LogP contribution in [0, 0.1) is 0 Å². The van der Waals surface area contributed by atoms with Crippen LogP contribution in [0.15, 0.2) is 97.2 Å². The van der Waals surface area contributed by atoms with Gasteiger partial charge in [-0.1, -0.05) is 182 Å². The highest BCUT2D eigenvalue weighted by Crippen LogP contribution is 2.26. The van der Waals surface area contributed by atoms with E-state index in [4.69, 9.17) is 28.4 Å². The summed E-state index contributed by atoms with van der Waals surface area (Å²) in [6.45, 7) is 3.41. The number of carbonyl (C=O) groups is 1. The lowest BCUT2D eigenvalue weighted by atomic mass is 9.98. The van der Waals surface area contributed by atoms with Gasteiger partial charge < -0.3 is 64.2 Å². The monoisotopic (exact) mass is 1060 g/mol. The van der Waals surface area contributed by atoms with Gasteiger partial charge in [0.2, 0.25) is 0 Å². The Kier molecular flexibility index (Phi) is 42.6. The number of allylic oxidation sites excluding steroid dienone is 16. The topological polar surface area (TPSA) is 214 Å². The Balaban J connectivity index is 1.72. The van der Waals surface area contributed by atoms with Crippen molar-refractivity contribution in [2.24, 2.45) is 0 Å². The van der Waals surface area contributed by atoms with E-state index in [0.29, 0.717) is 13.0 Å². The molecule has 2 saturated heterocycles. The molecule has 2 aliphatic heterocycles. The van der Waals surface area contributed by atoms with Crippen LogP contribution in [0.4, 0.5) is 0 Å². The van der Waals surface area contributed by atoms with Crippen molar-refractivity contribution < 1.29 is 69.0 Å². The number of ether oxygens (including phenoxy) is 6. The molecule has 0 amide bonds. The van der Waals surface area contributed by atoms with Gasteiger partial charge in [0.05, 0.1) is 26.4 Å². The maximum absolute atomic E-state index is 13.1. The van der Waals surface area contributed by atoms with Gasteiger partial charge in [0.15, 0.2) is 12.6 Å². The Morgan fingerprint density at radius 2 is 0.827 bits per heavy atom. The van der Waals surface area contributed by atoms with E-state index in [-0.39, 0.29) is 19.6 Å². The number of hydrogen-bond donors (Lipinski definition) is 7. The maximum Gasteiger partial charge on any atom is 0.306 e. The van der Waals surface area contributed by atoms with E-state index in [9.17, 15) is 40.5 Å². The van der Waals surface area contributed by atoms with E-state index in [1.807, 2.05) is 0 Å². The van der Waals surface area contributed by atoms with Crippen molar-refractivity contribution in [1.82, 2.24) is 0 Å². The fraction of sp³-hybridized carbons (Fsp3) is 0.721. The van der Waals surface area contributed by atoms with Gasteiger partial charge in [-0.05, 0) is 89.9 Å². The molecule has 430 valence electrons. The van der Waals surface area contributed by atoms with Crippen LogP contribution in [0.5, 0.6) is 0 Å². The van der Waals surface area contributed by atoms with Gasteiger partial charge in [-0.25, -0.2) is 0 Å². The van der Waals surface area contributed by atoms with Gasteiger partial charge in [0, 0.05) is 13.0 Å². The number of aliphatic hydroxyl groups excluding tert-OH is 7. The van der Waals surface area contributed by atoms with Crippen molar-refractivity contribution in [1.29, 1.82) is 0 Å². The smallest absolute Gasteiger partial charge is 0.306 e. The summed E-state index contributed by atoms with van der Waals surface area (Å²) in [6, 6.07) is 0. The summed E-state index contributed by atoms with van der Waals surface area (Å²) in [6.07, 6.45) is 46.1.